The lowest BCUT2D eigenvalue weighted by Gasteiger charge is -2.24. The Morgan fingerprint density at radius 2 is 2.00 bits per heavy atom. The van der Waals surface area contributed by atoms with Crippen molar-refractivity contribution >= 4 is 5.91 Å². The average molecular weight is 262 g/mol. The van der Waals surface area contributed by atoms with Crippen LogP contribution in [0.5, 0.6) is 0 Å². The molecule has 19 heavy (non-hydrogen) atoms. The molecule has 0 heterocycles. The minimum Gasteiger partial charge on any atom is -0.342 e. The fourth-order valence-corrected chi connectivity index (χ4v) is 2.06. The number of carbonyl (C=O) groups is 1. The molecule has 3 heteroatoms. The van der Waals surface area contributed by atoms with Gasteiger partial charge in [-0.2, -0.15) is 0 Å². The first-order valence-corrected chi connectivity index (χ1v) is 7.01. The molecule has 0 aliphatic heterocycles. The highest BCUT2D eigenvalue weighted by Gasteiger charge is 2.14. The maximum atomic E-state index is 12.3. The summed E-state index contributed by atoms with van der Waals surface area (Å²) in [4.78, 5) is 14.2. The van der Waals surface area contributed by atoms with Crippen molar-refractivity contribution in [1.82, 2.24) is 4.90 Å². The highest BCUT2D eigenvalue weighted by Crippen LogP contribution is 2.12. The Morgan fingerprint density at radius 1 is 1.32 bits per heavy atom. The van der Waals surface area contributed by atoms with Crippen LogP contribution in [0.3, 0.4) is 0 Å². The Balaban J connectivity index is 2.68. The number of amides is 1. The Bertz CT molecular complexity index is 429. The zero-order valence-electron chi connectivity index (χ0n) is 12.6. The van der Waals surface area contributed by atoms with E-state index in [2.05, 4.69) is 32.9 Å². The predicted molar refractivity (Wildman–Crippen MR) is 80.1 cm³/mol. The number of aryl methyl sites for hydroxylation is 2. The predicted octanol–water partition coefficient (Wildman–Crippen LogP) is 2.29. The number of benzene rings is 1. The molecule has 106 valence electrons. The van der Waals surface area contributed by atoms with Gasteiger partial charge in [-0.1, -0.05) is 25.1 Å². The van der Waals surface area contributed by atoms with E-state index in [0.29, 0.717) is 18.9 Å². The SMILES string of the molecule is CCN(CC(C)CN)C(=O)Cc1ccc(C)c(C)c1. The minimum absolute atomic E-state index is 0.186. The largest absolute Gasteiger partial charge is 0.342 e. The average Bonchev–Trinajstić information content (AvgIpc) is 2.39. The molecule has 1 rings (SSSR count). The van der Waals surface area contributed by atoms with Crippen LogP contribution in [-0.4, -0.2) is 30.4 Å². The maximum Gasteiger partial charge on any atom is 0.226 e. The van der Waals surface area contributed by atoms with Gasteiger partial charge in [0.25, 0.3) is 0 Å². The second-order valence-electron chi connectivity index (χ2n) is 5.37. The van der Waals surface area contributed by atoms with E-state index in [9.17, 15) is 4.79 Å². The lowest BCUT2D eigenvalue weighted by molar-refractivity contribution is -0.130. The summed E-state index contributed by atoms with van der Waals surface area (Å²) in [6.07, 6.45) is 0.478. The van der Waals surface area contributed by atoms with E-state index in [1.165, 1.54) is 11.1 Å². The number of hydrogen-bond acceptors (Lipinski definition) is 2. The fraction of sp³-hybridized carbons (Fsp3) is 0.562. The van der Waals surface area contributed by atoms with Crippen molar-refractivity contribution in [3.8, 4) is 0 Å². The van der Waals surface area contributed by atoms with Crippen molar-refractivity contribution in [1.29, 1.82) is 0 Å². The van der Waals surface area contributed by atoms with Gasteiger partial charge >= 0.3 is 0 Å². The van der Waals surface area contributed by atoms with Gasteiger partial charge in [0.1, 0.15) is 0 Å². The summed E-state index contributed by atoms with van der Waals surface area (Å²) in [5.74, 6) is 0.537. The number of rotatable bonds is 6. The summed E-state index contributed by atoms with van der Waals surface area (Å²) < 4.78 is 0. The number of carbonyl (C=O) groups excluding carboxylic acids is 1. The molecule has 0 aliphatic carbocycles. The van der Waals surface area contributed by atoms with Crippen molar-refractivity contribution in [3.05, 3.63) is 34.9 Å². The van der Waals surface area contributed by atoms with Crippen molar-refractivity contribution in [2.45, 2.75) is 34.1 Å². The number of hydrogen-bond donors (Lipinski definition) is 1. The molecule has 1 aromatic rings. The van der Waals surface area contributed by atoms with Crippen LogP contribution in [-0.2, 0) is 11.2 Å². The summed E-state index contributed by atoms with van der Waals surface area (Å²) in [7, 11) is 0. The summed E-state index contributed by atoms with van der Waals surface area (Å²) in [5, 5.41) is 0. The van der Waals surface area contributed by atoms with Crippen LogP contribution in [0, 0.1) is 19.8 Å². The molecule has 1 atom stereocenters. The molecule has 0 saturated heterocycles. The van der Waals surface area contributed by atoms with Crippen LogP contribution >= 0.6 is 0 Å². The monoisotopic (exact) mass is 262 g/mol. The molecule has 0 radical (unpaired) electrons. The van der Waals surface area contributed by atoms with Crippen LogP contribution in [0.15, 0.2) is 18.2 Å². The molecular weight excluding hydrogens is 236 g/mol. The molecule has 0 fully saturated rings. The highest BCUT2D eigenvalue weighted by molar-refractivity contribution is 5.78. The maximum absolute atomic E-state index is 12.3. The van der Waals surface area contributed by atoms with Gasteiger partial charge in [0.15, 0.2) is 0 Å². The Kier molecular flexibility index (Phi) is 6.03. The first kappa shape index (κ1) is 15.7. The molecule has 3 nitrogen and oxygen atoms in total. The second-order valence-corrected chi connectivity index (χ2v) is 5.37. The van der Waals surface area contributed by atoms with Crippen molar-refractivity contribution in [3.63, 3.8) is 0 Å². The normalized spacial score (nSPS) is 12.3. The first-order valence-electron chi connectivity index (χ1n) is 7.01. The Morgan fingerprint density at radius 3 is 2.53 bits per heavy atom. The first-order chi connectivity index (χ1) is 8.97. The fourth-order valence-electron chi connectivity index (χ4n) is 2.06. The topological polar surface area (TPSA) is 46.3 Å². The number of nitrogens with two attached hydrogens (primary N) is 1. The van der Waals surface area contributed by atoms with Gasteiger partial charge < -0.3 is 10.6 Å². The van der Waals surface area contributed by atoms with Crippen LogP contribution in [0.4, 0.5) is 0 Å². The number of nitrogens with zero attached hydrogens (tertiary/aromatic N) is 1. The molecule has 0 aliphatic rings. The third kappa shape index (κ3) is 4.67. The van der Waals surface area contributed by atoms with E-state index in [4.69, 9.17) is 5.73 Å². The van der Waals surface area contributed by atoms with Gasteiger partial charge in [0, 0.05) is 13.1 Å². The van der Waals surface area contributed by atoms with E-state index >= 15 is 0 Å². The van der Waals surface area contributed by atoms with Crippen molar-refractivity contribution < 1.29 is 4.79 Å². The Hall–Kier alpha value is -1.35. The molecule has 0 spiro atoms. The molecule has 0 saturated carbocycles. The van der Waals surface area contributed by atoms with Crippen LogP contribution in [0.25, 0.3) is 0 Å². The summed E-state index contributed by atoms with van der Waals surface area (Å²) >= 11 is 0. The quantitative estimate of drug-likeness (QED) is 0.855. The van der Waals surface area contributed by atoms with E-state index in [1.54, 1.807) is 0 Å². The molecule has 1 amide bonds. The number of likely N-dealkylation sites (N-methyl/N-ethyl adjacent to an activating group) is 1. The standard InChI is InChI=1S/C16H26N2O/c1-5-18(11-12(2)10-17)16(19)9-15-7-6-13(3)14(4)8-15/h6-8,12H,5,9-11,17H2,1-4H3. The van der Waals surface area contributed by atoms with Gasteiger partial charge in [-0.15, -0.1) is 0 Å². The molecule has 1 unspecified atom stereocenters. The molecule has 0 bridgehead atoms. The van der Waals surface area contributed by atoms with Crippen molar-refractivity contribution in [2.75, 3.05) is 19.6 Å². The summed E-state index contributed by atoms with van der Waals surface area (Å²) in [5.41, 5.74) is 9.22. The van der Waals surface area contributed by atoms with Crippen LogP contribution in [0.2, 0.25) is 0 Å². The molecule has 1 aromatic carbocycles. The van der Waals surface area contributed by atoms with Gasteiger partial charge in [-0.05, 0) is 49.9 Å². The van der Waals surface area contributed by atoms with Crippen LogP contribution < -0.4 is 5.73 Å². The molecule has 2 N–H and O–H groups in total. The second kappa shape index (κ2) is 7.29. The van der Waals surface area contributed by atoms with E-state index in [0.717, 1.165) is 18.7 Å². The third-order valence-corrected chi connectivity index (χ3v) is 3.60. The van der Waals surface area contributed by atoms with E-state index in [-0.39, 0.29) is 5.91 Å². The smallest absolute Gasteiger partial charge is 0.226 e. The van der Waals surface area contributed by atoms with Gasteiger partial charge in [0.05, 0.1) is 6.42 Å². The van der Waals surface area contributed by atoms with Gasteiger partial charge in [-0.25, -0.2) is 0 Å². The third-order valence-electron chi connectivity index (χ3n) is 3.60. The molecule has 0 aromatic heterocycles. The Labute approximate surface area is 116 Å². The van der Waals surface area contributed by atoms with Gasteiger partial charge in [-0.3, -0.25) is 4.79 Å². The van der Waals surface area contributed by atoms with Crippen molar-refractivity contribution in [2.24, 2.45) is 11.7 Å². The van der Waals surface area contributed by atoms with Crippen LogP contribution in [0.1, 0.15) is 30.5 Å². The lowest BCUT2D eigenvalue weighted by atomic mass is 10.0. The summed E-state index contributed by atoms with van der Waals surface area (Å²) in [6, 6.07) is 6.23. The van der Waals surface area contributed by atoms with E-state index < -0.39 is 0 Å². The van der Waals surface area contributed by atoms with Gasteiger partial charge in [0.2, 0.25) is 5.91 Å². The summed E-state index contributed by atoms with van der Waals surface area (Å²) in [6.45, 7) is 10.4. The lowest BCUT2D eigenvalue weighted by Crippen LogP contribution is -2.37. The zero-order chi connectivity index (χ0) is 14.4. The van der Waals surface area contributed by atoms with E-state index in [1.807, 2.05) is 17.9 Å². The minimum atomic E-state index is 0.186. The molecular formula is C16H26N2O. The highest BCUT2D eigenvalue weighted by atomic mass is 16.2. The zero-order valence-corrected chi connectivity index (χ0v) is 12.6.